The Morgan fingerprint density at radius 1 is 1.33 bits per heavy atom. The van der Waals surface area contributed by atoms with Crippen molar-refractivity contribution in [3.05, 3.63) is 42.9 Å². The number of azide groups is 1. The minimum Gasteiger partial charge on any atom is -0.390 e. The van der Waals surface area contributed by atoms with E-state index in [1.54, 1.807) is 0 Å². The first-order valence-corrected chi connectivity index (χ1v) is 6.57. The predicted octanol–water partition coefficient (Wildman–Crippen LogP) is 3.45. The van der Waals surface area contributed by atoms with Crippen LogP contribution < -0.4 is 0 Å². The molecule has 0 amide bonds. The largest absolute Gasteiger partial charge is 0.390 e. The lowest BCUT2D eigenvalue weighted by atomic mass is 10.0. The lowest BCUT2D eigenvalue weighted by Crippen LogP contribution is -2.20. The summed E-state index contributed by atoms with van der Waals surface area (Å²) in [5, 5.41) is 23.0. The van der Waals surface area contributed by atoms with Gasteiger partial charge in [0.2, 0.25) is 0 Å². The summed E-state index contributed by atoms with van der Waals surface area (Å²) < 4.78 is 13.8. The fourth-order valence-electron chi connectivity index (χ4n) is 1.42. The van der Waals surface area contributed by atoms with Crippen molar-refractivity contribution in [1.82, 2.24) is 0 Å². The number of halogens is 3. The quantitative estimate of drug-likeness (QED) is 0.464. The zero-order chi connectivity index (χ0) is 13.7. The van der Waals surface area contributed by atoms with Crippen molar-refractivity contribution in [2.45, 2.75) is 18.6 Å². The Hall–Kier alpha value is -0.660. The van der Waals surface area contributed by atoms with Crippen LogP contribution in [0.5, 0.6) is 0 Å². The molecular weight excluding hydrogens is 373 g/mol. The maximum atomic E-state index is 13.1. The summed E-state index contributed by atoms with van der Waals surface area (Å²) in [5.74, 6) is -0.465. The number of rotatable bonds is 5. The molecule has 0 aliphatic carbocycles. The molecule has 2 atom stereocenters. The third-order valence-electron chi connectivity index (χ3n) is 2.29. The molecule has 0 aliphatic rings. The summed E-state index contributed by atoms with van der Waals surface area (Å²) in [7, 11) is 0. The average Bonchev–Trinajstić information content (AvgIpc) is 2.27. The van der Waals surface area contributed by atoms with Crippen molar-refractivity contribution in [1.29, 1.82) is 0 Å². The topological polar surface area (TPSA) is 89.2 Å². The van der Waals surface area contributed by atoms with Gasteiger partial charge in [-0.15, -0.1) is 0 Å². The second-order valence-corrected chi connectivity index (χ2v) is 5.25. The molecule has 8 heteroatoms. The highest BCUT2D eigenvalue weighted by Crippen LogP contribution is 2.34. The van der Waals surface area contributed by atoms with Crippen LogP contribution in [-0.2, 0) is 0 Å². The average molecular weight is 383 g/mol. The van der Waals surface area contributed by atoms with Gasteiger partial charge in [0.1, 0.15) is 11.9 Å². The smallest absolute Gasteiger partial charge is 0.125 e. The van der Waals surface area contributed by atoms with Crippen LogP contribution in [-0.4, -0.2) is 22.9 Å². The van der Waals surface area contributed by atoms with Gasteiger partial charge in [0.25, 0.3) is 0 Å². The van der Waals surface area contributed by atoms with Gasteiger partial charge in [-0.3, -0.25) is 0 Å². The molecular formula is C10H10Br2FN3O2. The molecule has 0 aliphatic heterocycles. The Kier molecular flexibility index (Phi) is 6.04. The minimum atomic E-state index is -1.21. The van der Waals surface area contributed by atoms with E-state index in [4.69, 9.17) is 5.53 Å². The molecule has 0 aromatic heterocycles. The summed E-state index contributed by atoms with van der Waals surface area (Å²) in [4.78, 5) is 2.55. The monoisotopic (exact) mass is 381 g/mol. The van der Waals surface area contributed by atoms with Crippen LogP contribution in [0.3, 0.4) is 0 Å². The van der Waals surface area contributed by atoms with Crippen LogP contribution in [0.1, 0.15) is 18.1 Å². The summed E-state index contributed by atoms with van der Waals surface area (Å²) >= 11 is 6.25. The predicted molar refractivity (Wildman–Crippen MR) is 71.4 cm³/mol. The first-order chi connectivity index (χ1) is 8.47. The molecule has 1 aromatic rings. The minimum absolute atomic E-state index is 0.0746. The Morgan fingerprint density at radius 2 is 1.89 bits per heavy atom. The number of aliphatic hydroxyl groups is 2. The van der Waals surface area contributed by atoms with Crippen LogP contribution in [0.4, 0.5) is 4.39 Å². The number of benzene rings is 1. The van der Waals surface area contributed by atoms with E-state index in [0.29, 0.717) is 14.5 Å². The molecule has 0 spiro atoms. The Balaban J connectivity index is 2.89. The van der Waals surface area contributed by atoms with Crippen LogP contribution >= 0.6 is 31.9 Å². The van der Waals surface area contributed by atoms with Gasteiger partial charge in [0.15, 0.2) is 0 Å². The zero-order valence-electron chi connectivity index (χ0n) is 9.09. The first kappa shape index (κ1) is 15.4. The van der Waals surface area contributed by atoms with Crippen LogP contribution in [0.2, 0.25) is 0 Å². The second-order valence-electron chi connectivity index (χ2n) is 3.54. The summed E-state index contributed by atoms with van der Waals surface area (Å²) in [6.07, 6.45) is -2.20. The first-order valence-electron chi connectivity index (χ1n) is 4.98. The van der Waals surface area contributed by atoms with E-state index in [-0.39, 0.29) is 13.0 Å². The van der Waals surface area contributed by atoms with E-state index >= 15 is 0 Å². The molecule has 0 heterocycles. The molecule has 2 unspecified atom stereocenters. The van der Waals surface area contributed by atoms with Crippen LogP contribution in [0.25, 0.3) is 10.4 Å². The van der Waals surface area contributed by atoms with E-state index < -0.39 is 18.0 Å². The fraction of sp³-hybridized carbons (Fsp3) is 0.400. The SMILES string of the molecule is [N-]=[N+]=NCCC(O)C(O)c1c(Br)cc(F)cc1Br. The highest BCUT2D eigenvalue weighted by molar-refractivity contribution is 9.11. The van der Waals surface area contributed by atoms with Gasteiger partial charge in [-0.25, -0.2) is 4.39 Å². The third kappa shape index (κ3) is 3.93. The Labute approximate surface area is 120 Å². The van der Waals surface area contributed by atoms with Crippen molar-refractivity contribution >= 4 is 31.9 Å². The molecule has 0 fully saturated rings. The van der Waals surface area contributed by atoms with Gasteiger partial charge in [-0.05, 0) is 24.1 Å². The molecule has 2 N–H and O–H groups in total. The standard InChI is InChI=1S/C10H10Br2FN3O2/c11-6-3-5(13)4-7(12)9(6)10(18)8(17)1-2-15-16-14/h3-4,8,10,17-18H,1-2H2. The zero-order valence-corrected chi connectivity index (χ0v) is 12.3. The highest BCUT2D eigenvalue weighted by atomic mass is 79.9. The number of nitrogens with zero attached hydrogens (tertiary/aromatic N) is 3. The highest BCUT2D eigenvalue weighted by Gasteiger charge is 2.23. The maximum absolute atomic E-state index is 13.1. The van der Waals surface area contributed by atoms with E-state index in [1.807, 2.05) is 0 Å². The van der Waals surface area contributed by atoms with E-state index in [2.05, 4.69) is 41.9 Å². The number of hydrogen-bond donors (Lipinski definition) is 2. The molecule has 5 nitrogen and oxygen atoms in total. The summed E-state index contributed by atoms with van der Waals surface area (Å²) in [5.41, 5.74) is 8.46. The van der Waals surface area contributed by atoms with Crippen molar-refractivity contribution in [2.75, 3.05) is 6.54 Å². The lowest BCUT2D eigenvalue weighted by Gasteiger charge is -2.20. The van der Waals surface area contributed by atoms with Gasteiger partial charge >= 0.3 is 0 Å². The van der Waals surface area contributed by atoms with E-state index in [9.17, 15) is 14.6 Å². The Bertz CT molecular complexity index is 457. The molecule has 0 saturated carbocycles. The molecule has 0 bridgehead atoms. The summed E-state index contributed by atoms with van der Waals surface area (Å²) in [6.45, 7) is 0.0746. The molecule has 1 rings (SSSR count). The van der Waals surface area contributed by atoms with Gasteiger partial charge in [0.05, 0.1) is 6.10 Å². The van der Waals surface area contributed by atoms with Gasteiger partial charge < -0.3 is 10.2 Å². The molecule has 18 heavy (non-hydrogen) atoms. The summed E-state index contributed by atoms with van der Waals surface area (Å²) in [6, 6.07) is 2.40. The normalized spacial score (nSPS) is 13.8. The van der Waals surface area contributed by atoms with Crippen molar-refractivity contribution in [3.63, 3.8) is 0 Å². The van der Waals surface area contributed by atoms with Crippen molar-refractivity contribution in [3.8, 4) is 0 Å². The van der Waals surface area contributed by atoms with Crippen LogP contribution in [0, 0.1) is 5.82 Å². The number of aliphatic hydroxyl groups excluding tert-OH is 2. The maximum Gasteiger partial charge on any atom is 0.125 e. The third-order valence-corrected chi connectivity index (χ3v) is 3.60. The van der Waals surface area contributed by atoms with Crippen molar-refractivity contribution < 1.29 is 14.6 Å². The van der Waals surface area contributed by atoms with Gasteiger partial charge in [-0.1, -0.05) is 37.0 Å². The van der Waals surface area contributed by atoms with Gasteiger partial charge in [0, 0.05) is 26.0 Å². The van der Waals surface area contributed by atoms with Gasteiger partial charge in [-0.2, -0.15) is 0 Å². The fourth-order valence-corrected chi connectivity index (χ4v) is 3.02. The number of hydrogen-bond acceptors (Lipinski definition) is 3. The molecule has 1 aromatic carbocycles. The molecule has 98 valence electrons. The van der Waals surface area contributed by atoms with E-state index in [1.165, 1.54) is 12.1 Å². The molecule has 0 radical (unpaired) electrons. The van der Waals surface area contributed by atoms with E-state index in [0.717, 1.165) is 0 Å². The lowest BCUT2D eigenvalue weighted by molar-refractivity contribution is 0.0141. The van der Waals surface area contributed by atoms with Crippen LogP contribution in [0.15, 0.2) is 26.2 Å². The Morgan fingerprint density at radius 3 is 2.39 bits per heavy atom. The molecule has 0 saturated heterocycles. The van der Waals surface area contributed by atoms with Crippen molar-refractivity contribution in [2.24, 2.45) is 5.11 Å². The second kappa shape index (κ2) is 7.06.